The lowest BCUT2D eigenvalue weighted by Gasteiger charge is -2.21. The van der Waals surface area contributed by atoms with Crippen LogP contribution in [0, 0.1) is 13.8 Å². The topological polar surface area (TPSA) is 46.3 Å². The molecule has 0 radical (unpaired) electrons. The van der Waals surface area contributed by atoms with Crippen LogP contribution in [0.5, 0.6) is 0 Å². The van der Waals surface area contributed by atoms with E-state index in [2.05, 4.69) is 44.2 Å². The summed E-state index contributed by atoms with van der Waals surface area (Å²) in [6.07, 6.45) is 1.12. The lowest BCUT2D eigenvalue weighted by molar-refractivity contribution is -0.133. The summed E-state index contributed by atoms with van der Waals surface area (Å²) in [6, 6.07) is 14.7. The first-order valence-electron chi connectivity index (χ1n) is 8.13. The van der Waals surface area contributed by atoms with Crippen molar-refractivity contribution in [3.63, 3.8) is 0 Å². The molecule has 0 saturated carbocycles. The molecule has 1 amide bonds. The first kappa shape index (κ1) is 17.2. The van der Waals surface area contributed by atoms with Gasteiger partial charge in [0.25, 0.3) is 0 Å². The highest BCUT2D eigenvalue weighted by Gasteiger charge is 2.14. The number of amides is 1. The highest BCUT2D eigenvalue weighted by molar-refractivity contribution is 5.77. The number of carbonyl (C=O) groups excluding carboxylic acids is 1. The summed E-state index contributed by atoms with van der Waals surface area (Å²) >= 11 is 0. The number of nitrogens with zero attached hydrogens (tertiary/aromatic N) is 1. The summed E-state index contributed by atoms with van der Waals surface area (Å²) in [5.74, 6) is 5.78. The molecule has 0 aliphatic carbocycles. The zero-order chi connectivity index (χ0) is 17.0. The number of nitrogens with two attached hydrogens (primary N) is 1. The zero-order valence-electron chi connectivity index (χ0n) is 14.5. The van der Waals surface area contributed by atoms with Crippen molar-refractivity contribution in [1.82, 2.24) is 5.01 Å². The van der Waals surface area contributed by atoms with E-state index in [1.54, 1.807) is 0 Å². The highest BCUT2D eigenvalue weighted by atomic mass is 16.2. The third-order valence-electron chi connectivity index (χ3n) is 4.36. The van der Waals surface area contributed by atoms with Gasteiger partial charge in [-0.15, -0.1) is 0 Å². The molecule has 2 N–H and O–H groups in total. The maximum Gasteiger partial charge on any atom is 0.237 e. The van der Waals surface area contributed by atoms with Crippen LogP contribution in [0.2, 0.25) is 0 Å². The molecule has 2 aromatic carbocycles. The molecule has 0 spiro atoms. The Hall–Kier alpha value is -2.13. The predicted octanol–water partition coefficient (Wildman–Crippen LogP) is 4.01. The summed E-state index contributed by atoms with van der Waals surface area (Å²) < 4.78 is 0. The SMILES string of the molecule is Cc1cccc(-c2ccccc2CCC(=O)N(N)C(C)C)c1C. The van der Waals surface area contributed by atoms with Gasteiger partial charge in [-0.3, -0.25) is 9.80 Å². The van der Waals surface area contributed by atoms with Crippen molar-refractivity contribution in [3.8, 4) is 11.1 Å². The Morgan fingerprint density at radius 1 is 1.04 bits per heavy atom. The van der Waals surface area contributed by atoms with Crippen LogP contribution in [0.1, 0.15) is 37.0 Å². The van der Waals surface area contributed by atoms with Gasteiger partial charge in [-0.1, -0.05) is 42.5 Å². The summed E-state index contributed by atoms with van der Waals surface area (Å²) in [6.45, 7) is 8.11. The average Bonchev–Trinajstić information content (AvgIpc) is 2.54. The van der Waals surface area contributed by atoms with Crippen LogP contribution in [0.25, 0.3) is 11.1 Å². The number of hydrazine groups is 1. The molecule has 0 unspecified atom stereocenters. The first-order chi connectivity index (χ1) is 10.9. The summed E-state index contributed by atoms with van der Waals surface area (Å²) in [5.41, 5.74) is 6.19. The van der Waals surface area contributed by atoms with Crippen molar-refractivity contribution >= 4 is 5.91 Å². The quantitative estimate of drug-likeness (QED) is 0.515. The molecule has 2 aromatic rings. The number of carbonyl (C=O) groups is 1. The second-order valence-electron chi connectivity index (χ2n) is 6.30. The van der Waals surface area contributed by atoms with E-state index in [-0.39, 0.29) is 11.9 Å². The molecule has 23 heavy (non-hydrogen) atoms. The Labute approximate surface area is 139 Å². The van der Waals surface area contributed by atoms with Crippen molar-refractivity contribution in [3.05, 3.63) is 59.2 Å². The molecule has 0 aliphatic rings. The van der Waals surface area contributed by atoms with Gasteiger partial charge < -0.3 is 0 Å². The van der Waals surface area contributed by atoms with Gasteiger partial charge in [0.2, 0.25) is 5.91 Å². The Bertz CT molecular complexity index is 692. The smallest absolute Gasteiger partial charge is 0.237 e. The molecular weight excluding hydrogens is 284 g/mol. The van der Waals surface area contributed by atoms with Crippen LogP contribution in [0.15, 0.2) is 42.5 Å². The largest absolute Gasteiger partial charge is 0.278 e. The average molecular weight is 310 g/mol. The predicted molar refractivity (Wildman–Crippen MR) is 95.8 cm³/mol. The van der Waals surface area contributed by atoms with Gasteiger partial charge in [0.15, 0.2) is 0 Å². The maximum absolute atomic E-state index is 12.1. The van der Waals surface area contributed by atoms with Crippen molar-refractivity contribution in [2.45, 2.75) is 46.6 Å². The highest BCUT2D eigenvalue weighted by Crippen LogP contribution is 2.29. The van der Waals surface area contributed by atoms with E-state index in [1.807, 2.05) is 26.0 Å². The number of benzene rings is 2. The lowest BCUT2D eigenvalue weighted by atomic mass is 9.92. The van der Waals surface area contributed by atoms with Gasteiger partial charge >= 0.3 is 0 Å². The molecule has 0 fully saturated rings. The van der Waals surface area contributed by atoms with Gasteiger partial charge in [0.1, 0.15) is 0 Å². The summed E-state index contributed by atoms with van der Waals surface area (Å²) in [4.78, 5) is 12.1. The molecule has 3 nitrogen and oxygen atoms in total. The van der Waals surface area contributed by atoms with E-state index in [0.717, 1.165) is 0 Å². The maximum atomic E-state index is 12.1. The van der Waals surface area contributed by atoms with Gasteiger partial charge in [0, 0.05) is 12.5 Å². The summed E-state index contributed by atoms with van der Waals surface area (Å²) in [5, 5.41) is 1.32. The molecule has 0 aromatic heterocycles. The number of rotatable bonds is 5. The van der Waals surface area contributed by atoms with E-state index in [1.165, 1.54) is 32.8 Å². The van der Waals surface area contributed by atoms with Crippen molar-refractivity contribution in [1.29, 1.82) is 0 Å². The second kappa shape index (κ2) is 7.42. The van der Waals surface area contributed by atoms with Gasteiger partial charge in [-0.2, -0.15) is 0 Å². The Kier molecular flexibility index (Phi) is 5.56. The first-order valence-corrected chi connectivity index (χ1v) is 8.13. The second-order valence-corrected chi connectivity index (χ2v) is 6.30. The van der Waals surface area contributed by atoms with Gasteiger partial charge in [-0.05, 0) is 61.9 Å². The van der Waals surface area contributed by atoms with E-state index >= 15 is 0 Å². The van der Waals surface area contributed by atoms with Crippen LogP contribution in [-0.4, -0.2) is 17.0 Å². The van der Waals surface area contributed by atoms with E-state index < -0.39 is 0 Å². The van der Waals surface area contributed by atoms with Crippen molar-refractivity contribution < 1.29 is 4.79 Å². The zero-order valence-corrected chi connectivity index (χ0v) is 14.5. The van der Waals surface area contributed by atoms with Crippen molar-refractivity contribution in [2.24, 2.45) is 5.84 Å². The molecular formula is C20H26N2O. The molecule has 0 saturated heterocycles. The number of hydrogen-bond acceptors (Lipinski definition) is 2. The Morgan fingerprint density at radius 2 is 1.70 bits per heavy atom. The molecule has 0 aliphatic heterocycles. The number of aryl methyl sites for hydroxylation is 2. The number of hydrogen-bond donors (Lipinski definition) is 1. The lowest BCUT2D eigenvalue weighted by Crippen LogP contribution is -2.42. The third kappa shape index (κ3) is 3.99. The standard InChI is InChI=1S/C20H26N2O/c1-14(2)22(21)20(23)13-12-17-9-5-6-10-19(17)18-11-7-8-15(3)16(18)4/h5-11,14H,12-13,21H2,1-4H3. The Balaban J connectivity index is 2.25. The normalized spacial score (nSPS) is 10.9. The van der Waals surface area contributed by atoms with Crippen LogP contribution in [0.4, 0.5) is 0 Å². The van der Waals surface area contributed by atoms with Crippen LogP contribution >= 0.6 is 0 Å². The fourth-order valence-corrected chi connectivity index (χ4v) is 2.70. The van der Waals surface area contributed by atoms with Crippen LogP contribution in [0.3, 0.4) is 0 Å². The van der Waals surface area contributed by atoms with E-state index in [0.29, 0.717) is 12.8 Å². The van der Waals surface area contributed by atoms with Crippen molar-refractivity contribution in [2.75, 3.05) is 0 Å². The molecule has 122 valence electrons. The molecule has 2 rings (SSSR count). The molecule has 0 heterocycles. The minimum atomic E-state index is -0.0178. The van der Waals surface area contributed by atoms with Crippen LogP contribution < -0.4 is 5.84 Å². The Morgan fingerprint density at radius 3 is 2.39 bits per heavy atom. The van der Waals surface area contributed by atoms with Gasteiger partial charge in [-0.25, -0.2) is 5.84 Å². The minimum Gasteiger partial charge on any atom is -0.278 e. The fraction of sp³-hybridized carbons (Fsp3) is 0.350. The summed E-state index contributed by atoms with van der Waals surface area (Å²) in [7, 11) is 0. The molecule has 0 bridgehead atoms. The van der Waals surface area contributed by atoms with E-state index in [4.69, 9.17) is 5.84 Å². The molecule has 0 atom stereocenters. The third-order valence-corrected chi connectivity index (χ3v) is 4.36. The van der Waals surface area contributed by atoms with Gasteiger partial charge in [0.05, 0.1) is 0 Å². The minimum absolute atomic E-state index is 0.0178. The molecule has 3 heteroatoms. The van der Waals surface area contributed by atoms with Crippen LogP contribution in [-0.2, 0) is 11.2 Å². The fourth-order valence-electron chi connectivity index (χ4n) is 2.70. The monoisotopic (exact) mass is 310 g/mol. The van der Waals surface area contributed by atoms with E-state index in [9.17, 15) is 4.79 Å².